The van der Waals surface area contributed by atoms with Crippen LogP contribution < -0.4 is 5.32 Å². The molecule has 2 N–H and O–H groups in total. The first-order chi connectivity index (χ1) is 6.88. The Balaban J connectivity index is 2.65. The molecule has 0 saturated heterocycles. The van der Waals surface area contributed by atoms with Crippen molar-refractivity contribution in [2.75, 3.05) is 18.5 Å². The maximum Gasteiger partial charge on any atom is 0.0625 e. The molecule has 74 valence electrons. The van der Waals surface area contributed by atoms with Crippen LogP contribution >= 0.6 is 0 Å². The van der Waals surface area contributed by atoms with Gasteiger partial charge in [-0.15, -0.1) is 0 Å². The molecule has 0 saturated carbocycles. The molecule has 0 fully saturated rings. The van der Waals surface area contributed by atoms with Gasteiger partial charge in [0.1, 0.15) is 0 Å². The first-order valence-corrected chi connectivity index (χ1v) is 4.68. The molecule has 3 heteroatoms. The summed E-state index contributed by atoms with van der Waals surface area (Å²) in [5.74, 6) is 0. The highest BCUT2D eigenvalue weighted by Crippen LogP contribution is 2.16. The first kappa shape index (κ1) is 10.6. The number of hydrogen-bond donors (Lipinski definition) is 2. The summed E-state index contributed by atoms with van der Waals surface area (Å²) in [6.07, 6.45) is 1.28. The fourth-order valence-electron chi connectivity index (χ4n) is 1.29. The second-order valence-corrected chi connectivity index (χ2v) is 2.97. The summed E-state index contributed by atoms with van der Waals surface area (Å²) in [7, 11) is 0. The second-order valence-electron chi connectivity index (χ2n) is 2.97. The Bertz CT molecular complexity index is 317. The van der Waals surface area contributed by atoms with E-state index in [2.05, 4.69) is 11.4 Å². The van der Waals surface area contributed by atoms with Crippen molar-refractivity contribution >= 4 is 5.69 Å². The van der Waals surface area contributed by atoms with Crippen LogP contribution in [0.2, 0.25) is 0 Å². The number of anilines is 1. The predicted octanol–water partition coefficient (Wildman–Crippen LogP) is 1.55. The van der Waals surface area contributed by atoms with Crippen molar-refractivity contribution in [3.8, 4) is 6.07 Å². The molecule has 0 aliphatic carbocycles. The van der Waals surface area contributed by atoms with E-state index in [0.29, 0.717) is 13.0 Å². The Kier molecular flexibility index (Phi) is 4.53. The zero-order chi connectivity index (χ0) is 10.2. The fourth-order valence-corrected chi connectivity index (χ4v) is 1.29. The highest BCUT2D eigenvalue weighted by atomic mass is 16.3. The van der Waals surface area contributed by atoms with Crippen molar-refractivity contribution < 1.29 is 5.11 Å². The minimum Gasteiger partial charge on any atom is -0.395 e. The standard InChI is InChI=1S/C11H14N2O/c12-7-3-5-10-4-1-2-6-11(10)13-8-9-14/h1-2,4,6,13-14H,3,5,8-9H2. The van der Waals surface area contributed by atoms with E-state index in [1.807, 2.05) is 24.3 Å². The summed E-state index contributed by atoms with van der Waals surface area (Å²) in [6, 6.07) is 9.98. The third-order valence-corrected chi connectivity index (χ3v) is 1.95. The van der Waals surface area contributed by atoms with E-state index in [1.165, 1.54) is 0 Å². The summed E-state index contributed by atoms with van der Waals surface area (Å²) in [5.41, 5.74) is 2.14. The molecule has 1 rings (SSSR count). The van der Waals surface area contributed by atoms with E-state index in [-0.39, 0.29) is 6.61 Å². The quantitative estimate of drug-likeness (QED) is 0.740. The number of aliphatic hydroxyl groups excluding tert-OH is 1. The molecule has 3 nitrogen and oxygen atoms in total. The van der Waals surface area contributed by atoms with Crippen molar-refractivity contribution in [2.24, 2.45) is 0 Å². The predicted molar refractivity (Wildman–Crippen MR) is 56.0 cm³/mol. The molecular formula is C11H14N2O. The number of rotatable bonds is 5. The molecule has 0 spiro atoms. The molecule has 1 aromatic carbocycles. The van der Waals surface area contributed by atoms with Crippen LogP contribution in [-0.4, -0.2) is 18.3 Å². The molecule has 0 aliphatic rings. The van der Waals surface area contributed by atoms with Crippen LogP contribution in [0.1, 0.15) is 12.0 Å². The number of nitrogens with zero attached hydrogens (tertiary/aromatic N) is 1. The lowest BCUT2D eigenvalue weighted by Crippen LogP contribution is -2.07. The molecular weight excluding hydrogens is 176 g/mol. The zero-order valence-electron chi connectivity index (χ0n) is 8.03. The molecule has 0 unspecified atom stereocenters. The van der Waals surface area contributed by atoms with Crippen LogP contribution in [0.3, 0.4) is 0 Å². The lowest BCUT2D eigenvalue weighted by atomic mass is 10.1. The average molecular weight is 190 g/mol. The normalized spacial score (nSPS) is 9.43. The van der Waals surface area contributed by atoms with Gasteiger partial charge >= 0.3 is 0 Å². The first-order valence-electron chi connectivity index (χ1n) is 4.68. The third kappa shape index (κ3) is 3.08. The van der Waals surface area contributed by atoms with Crippen molar-refractivity contribution in [2.45, 2.75) is 12.8 Å². The second kappa shape index (κ2) is 6.01. The Hall–Kier alpha value is -1.53. The monoisotopic (exact) mass is 190 g/mol. The van der Waals surface area contributed by atoms with Gasteiger partial charge in [0, 0.05) is 18.7 Å². The number of hydrogen-bond acceptors (Lipinski definition) is 3. The summed E-state index contributed by atoms with van der Waals surface area (Å²) < 4.78 is 0. The number of benzene rings is 1. The Labute approximate surface area is 84.0 Å². The van der Waals surface area contributed by atoms with Crippen molar-refractivity contribution in [1.82, 2.24) is 0 Å². The van der Waals surface area contributed by atoms with Crippen molar-refractivity contribution in [3.63, 3.8) is 0 Å². The van der Waals surface area contributed by atoms with Crippen LogP contribution in [0.15, 0.2) is 24.3 Å². The molecule has 0 heterocycles. The lowest BCUT2D eigenvalue weighted by Gasteiger charge is -2.09. The number of nitriles is 1. The highest BCUT2D eigenvalue weighted by molar-refractivity contribution is 5.51. The minimum atomic E-state index is 0.118. The molecule has 0 atom stereocenters. The van der Waals surface area contributed by atoms with Crippen LogP contribution in [0.25, 0.3) is 0 Å². The molecule has 14 heavy (non-hydrogen) atoms. The highest BCUT2D eigenvalue weighted by Gasteiger charge is 1.99. The molecule has 0 aliphatic heterocycles. The SMILES string of the molecule is N#CCCc1ccccc1NCCO. The number of aliphatic hydroxyl groups is 1. The summed E-state index contributed by atoms with van der Waals surface area (Å²) in [4.78, 5) is 0. The Morgan fingerprint density at radius 3 is 2.86 bits per heavy atom. The van der Waals surface area contributed by atoms with Gasteiger partial charge in [0.25, 0.3) is 0 Å². The number of nitrogens with one attached hydrogen (secondary N) is 1. The van der Waals surface area contributed by atoms with Crippen LogP contribution in [0.5, 0.6) is 0 Å². The molecule has 1 aromatic rings. The topological polar surface area (TPSA) is 56.0 Å². The summed E-state index contributed by atoms with van der Waals surface area (Å²) in [6.45, 7) is 0.663. The lowest BCUT2D eigenvalue weighted by molar-refractivity contribution is 0.311. The smallest absolute Gasteiger partial charge is 0.0625 e. The van der Waals surface area contributed by atoms with Gasteiger partial charge in [0.05, 0.1) is 12.7 Å². The molecule has 0 radical (unpaired) electrons. The number of para-hydroxylation sites is 1. The zero-order valence-corrected chi connectivity index (χ0v) is 8.03. The molecule has 0 amide bonds. The van der Waals surface area contributed by atoms with Crippen molar-refractivity contribution in [1.29, 1.82) is 5.26 Å². The van der Waals surface area contributed by atoms with Crippen LogP contribution in [0.4, 0.5) is 5.69 Å². The van der Waals surface area contributed by atoms with Crippen LogP contribution in [0, 0.1) is 11.3 Å². The van der Waals surface area contributed by atoms with Crippen molar-refractivity contribution in [3.05, 3.63) is 29.8 Å². The largest absolute Gasteiger partial charge is 0.395 e. The summed E-state index contributed by atoms with van der Waals surface area (Å²) >= 11 is 0. The molecule has 0 bridgehead atoms. The van der Waals surface area contributed by atoms with Gasteiger partial charge in [0.2, 0.25) is 0 Å². The van der Waals surface area contributed by atoms with E-state index in [1.54, 1.807) is 0 Å². The maximum absolute atomic E-state index is 8.68. The van der Waals surface area contributed by atoms with Gasteiger partial charge in [-0.25, -0.2) is 0 Å². The number of aryl methyl sites for hydroxylation is 1. The Morgan fingerprint density at radius 2 is 2.14 bits per heavy atom. The van der Waals surface area contributed by atoms with E-state index < -0.39 is 0 Å². The maximum atomic E-state index is 8.68. The van der Waals surface area contributed by atoms with E-state index in [0.717, 1.165) is 17.7 Å². The van der Waals surface area contributed by atoms with Gasteiger partial charge in [-0.05, 0) is 18.1 Å². The van der Waals surface area contributed by atoms with Gasteiger partial charge < -0.3 is 10.4 Å². The van der Waals surface area contributed by atoms with Gasteiger partial charge in [0.15, 0.2) is 0 Å². The van der Waals surface area contributed by atoms with E-state index in [4.69, 9.17) is 10.4 Å². The van der Waals surface area contributed by atoms with Crippen LogP contribution in [-0.2, 0) is 6.42 Å². The Morgan fingerprint density at radius 1 is 1.36 bits per heavy atom. The van der Waals surface area contributed by atoms with E-state index in [9.17, 15) is 0 Å². The van der Waals surface area contributed by atoms with Gasteiger partial charge in [-0.3, -0.25) is 0 Å². The molecule has 0 aromatic heterocycles. The fraction of sp³-hybridized carbons (Fsp3) is 0.364. The van der Waals surface area contributed by atoms with Gasteiger partial charge in [-0.1, -0.05) is 18.2 Å². The summed E-state index contributed by atoms with van der Waals surface area (Å²) in [5, 5.41) is 20.3. The third-order valence-electron chi connectivity index (χ3n) is 1.95. The van der Waals surface area contributed by atoms with E-state index >= 15 is 0 Å². The minimum absolute atomic E-state index is 0.118. The average Bonchev–Trinajstić information content (AvgIpc) is 2.24. The van der Waals surface area contributed by atoms with Gasteiger partial charge in [-0.2, -0.15) is 5.26 Å².